The van der Waals surface area contributed by atoms with Crippen LogP contribution in [0.2, 0.25) is 0 Å². The first-order chi connectivity index (χ1) is 12.7. The van der Waals surface area contributed by atoms with Gasteiger partial charge in [0.05, 0.1) is 6.54 Å². The highest BCUT2D eigenvalue weighted by Crippen LogP contribution is 2.44. The van der Waals surface area contributed by atoms with Crippen LogP contribution in [-0.2, 0) is 4.74 Å². The molecule has 0 spiro atoms. The van der Waals surface area contributed by atoms with Gasteiger partial charge in [0.2, 0.25) is 0 Å². The molecule has 0 bridgehead atoms. The first-order valence-corrected chi connectivity index (χ1v) is 8.35. The third-order valence-corrected chi connectivity index (χ3v) is 4.54. The maximum Gasteiger partial charge on any atom is 0.407 e. The second-order valence-corrected chi connectivity index (χ2v) is 6.07. The van der Waals surface area contributed by atoms with E-state index < -0.39 is 6.09 Å². The number of nitrogens with zero attached hydrogens (tertiary/aromatic N) is 1. The van der Waals surface area contributed by atoms with Crippen LogP contribution in [0.1, 0.15) is 27.5 Å². The summed E-state index contributed by atoms with van der Waals surface area (Å²) in [5.41, 5.74) is 4.99. The van der Waals surface area contributed by atoms with Crippen LogP contribution in [0.15, 0.2) is 60.8 Å². The van der Waals surface area contributed by atoms with E-state index in [1.807, 2.05) is 24.3 Å². The Hall–Kier alpha value is -3.41. The summed E-state index contributed by atoms with van der Waals surface area (Å²) in [6.07, 6.45) is 0.875. The number of ether oxygens (including phenoxy) is 1. The van der Waals surface area contributed by atoms with Crippen molar-refractivity contribution in [2.24, 2.45) is 0 Å². The van der Waals surface area contributed by atoms with Gasteiger partial charge in [-0.1, -0.05) is 48.5 Å². The molecule has 0 aliphatic heterocycles. The summed E-state index contributed by atoms with van der Waals surface area (Å²) in [4.78, 5) is 23.8. The number of alkyl carbamates (subject to hydrolysis) is 1. The lowest BCUT2D eigenvalue weighted by molar-refractivity contribution is 0.0971. The fraction of sp³-hybridized carbons (Fsp3) is 0.150. The molecule has 1 aliphatic rings. The molecule has 3 aromatic rings. The molecule has 1 amide bonds. The highest BCUT2D eigenvalue weighted by molar-refractivity contribution is 5.97. The van der Waals surface area contributed by atoms with Gasteiger partial charge < -0.3 is 10.1 Å². The number of ketones is 1. The molecule has 2 N–H and O–H groups in total. The number of carbonyl (C=O) groups is 2. The summed E-state index contributed by atoms with van der Waals surface area (Å²) in [5, 5.41) is 8.76. The number of benzene rings is 2. The van der Waals surface area contributed by atoms with E-state index in [2.05, 4.69) is 39.8 Å². The smallest absolute Gasteiger partial charge is 0.407 e. The number of hydrogen-bond donors (Lipinski definition) is 2. The van der Waals surface area contributed by atoms with Gasteiger partial charge in [0.15, 0.2) is 5.78 Å². The van der Waals surface area contributed by atoms with E-state index in [4.69, 9.17) is 4.74 Å². The molecule has 2 aromatic carbocycles. The van der Waals surface area contributed by atoms with E-state index in [1.54, 1.807) is 6.07 Å². The molecule has 1 heterocycles. The van der Waals surface area contributed by atoms with Gasteiger partial charge in [0, 0.05) is 12.1 Å². The van der Waals surface area contributed by atoms with Crippen LogP contribution in [0.25, 0.3) is 11.1 Å². The van der Waals surface area contributed by atoms with Gasteiger partial charge in [-0.15, -0.1) is 0 Å². The maximum absolute atomic E-state index is 12.0. The summed E-state index contributed by atoms with van der Waals surface area (Å²) >= 11 is 0. The van der Waals surface area contributed by atoms with Crippen molar-refractivity contribution in [3.8, 4) is 11.1 Å². The van der Waals surface area contributed by atoms with Gasteiger partial charge in [-0.25, -0.2) is 4.79 Å². The van der Waals surface area contributed by atoms with Crippen LogP contribution in [0.4, 0.5) is 4.79 Å². The molecule has 6 heteroatoms. The van der Waals surface area contributed by atoms with Crippen molar-refractivity contribution in [2.75, 3.05) is 13.2 Å². The molecule has 4 rings (SSSR count). The highest BCUT2D eigenvalue weighted by atomic mass is 16.5. The minimum atomic E-state index is -0.611. The van der Waals surface area contributed by atoms with Crippen LogP contribution in [0, 0.1) is 0 Å². The zero-order valence-electron chi connectivity index (χ0n) is 13.9. The van der Waals surface area contributed by atoms with Crippen LogP contribution in [0.3, 0.4) is 0 Å². The van der Waals surface area contributed by atoms with E-state index in [9.17, 15) is 9.59 Å². The molecule has 0 saturated carbocycles. The molecule has 0 radical (unpaired) electrons. The van der Waals surface area contributed by atoms with Crippen LogP contribution in [0.5, 0.6) is 0 Å². The molecule has 0 unspecified atom stereocenters. The zero-order chi connectivity index (χ0) is 17.9. The minimum Gasteiger partial charge on any atom is -0.449 e. The third-order valence-electron chi connectivity index (χ3n) is 4.54. The second-order valence-electron chi connectivity index (χ2n) is 6.07. The molecule has 1 aromatic heterocycles. The molecule has 0 atom stereocenters. The van der Waals surface area contributed by atoms with Crippen molar-refractivity contribution in [1.29, 1.82) is 0 Å². The van der Waals surface area contributed by atoms with Crippen molar-refractivity contribution in [3.05, 3.63) is 77.6 Å². The fourth-order valence-corrected chi connectivity index (χ4v) is 3.31. The Bertz CT molecular complexity index is 905. The third kappa shape index (κ3) is 2.97. The van der Waals surface area contributed by atoms with E-state index >= 15 is 0 Å². The van der Waals surface area contributed by atoms with Gasteiger partial charge in [0.25, 0.3) is 0 Å². The number of carbonyl (C=O) groups excluding carboxylic acids is 2. The SMILES string of the molecule is O=C(NCC(=O)c1ccn[nH]1)OCC1c2ccccc2-c2ccccc21. The Balaban J connectivity index is 1.40. The van der Waals surface area contributed by atoms with Crippen molar-refractivity contribution in [2.45, 2.75) is 5.92 Å². The van der Waals surface area contributed by atoms with Gasteiger partial charge in [-0.3, -0.25) is 9.89 Å². The number of nitrogens with one attached hydrogen (secondary N) is 2. The summed E-state index contributed by atoms with van der Waals surface area (Å²) < 4.78 is 5.38. The number of aromatic amines is 1. The van der Waals surface area contributed by atoms with Crippen molar-refractivity contribution in [3.63, 3.8) is 0 Å². The average molecular weight is 347 g/mol. The van der Waals surface area contributed by atoms with Crippen LogP contribution >= 0.6 is 0 Å². The molecule has 0 fully saturated rings. The van der Waals surface area contributed by atoms with Crippen LogP contribution < -0.4 is 5.32 Å². The van der Waals surface area contributed by atoms with Gasteiger partial charge in [-0.2, -0.15) is 5.10 Å². The molecule has 26 heavy (non-hydrogen) atoms. The Labute approximate surface area is 150 Å². The normalized spacial score (nSPS) is 12.3. The lowest BCUT2D eigenvalue weighted by Gasteiger charge is -2.14. The molecule has 0 saturated heterocycles. The summed E-state index contributed by atoms with van der Waals surface area (Å²) in [7, 11) is 0. The Morgan fingerprint density at radius 3 is 2.27 bits per heavy atom. The summed E-state index contributed by atoms with van der Waals surface area (Å²) in [5.74, 6) is -0.257. The first-order valence-electron chi connectivity index (χ1n) is 8.35. The number of Topliss-reactive ketones (excluding diaryl/α,β-unsaturated/α-hetero) is 1. The van der Waals surface area contributed by atoms with E-state index in [0.717, 1.165) is 11.1 Å². The fourth-order valence-electron chi connectivity index (χ4n) is 3.31. The number of rotatable bonds is 5. The van der Waals surface area contributed by atoms with Gasteiger partial charge in [-0.05, 0) is 28.3 Å². The highest BCUT2D eigenvalue weighted by Gasteiger charge is 2.29. The largest absolute Gasteiger partial charge is 0.449 e. The topological polar surface area (TPSA) is 84.1 Å². The first kappa shape index (κ1) is 16.1. The molecule has 130 valence electrons. The summed E-state index contributed by atoms with van der Waals surface area (Å²) in [6.45, 7) is 0.0803. The minimum absolute atomic E-state index is 0.00328. The number of aromatic nitrogens is 2. The average Bonchev–Trinajstić information content (AvgIpc) is 3.31. The Morgan fingerprint density at radius 1 is 1.00 bits per heavy atom. The summed E-state index contributed by atoms with van der Waals surface area (Å²) in [6, 6.07) is 17.8. The molecule has 1 aliphatic carbocycles. The van der Waals surface area contributed by atoms with E-state index in [1.165, 1.54) is 17.3 Å². The van der Waals surface area contributed by atoms with E-state index in [-0.39, 0.29) is 24.9 Å². The zero-order valence-corrected chi connectivity index (χ0v) is 13.9. The van der Waals surface area contributed by atoms with E-state index in [0.29, 0.717) is 5.69 Å². The molecule has 6 nitrogen and oxygen atoms in total. The van der Waals surface area contributed by atoms with Gasteiger partial charge >= 0.3 is 6.09 Å². The number of hydrogen-bond acceptors (Lipinski definition) is 4. The molecular formula is C20H17N3O3. The lowest BCUT2D eigenvalue weighted by Crippen LogP contribution is -2.31. The van der Waals surface area contributed by atoms with Crippen molar-refractivity contribution in [1.82, 2.24) is 15.5 Å². The second kappa shape index (κ2) is 6.84. The maximum atomic E-state index is 12.0. The van der Waals surface area contributed by atoms with Gasteiger partial charge in [0.1, 0.15) is 12.3 Å². The van der Waals surface area contributed by atoms with Crippen molar-refractivity contribution >= 4 is 11.9 Å². The monoisotopic (exact) mass is 347 g/mol. The quantitative estimate of drug-likeness (QED) is 0.695. The lowest BCUT2D eigenvalue weighted by atomic mass is 9.98. The standard InChI is InChI=1S/C20H17N3O3/c24-19(18-9-10-22-23-18)11-21-20(25)26-12-17-15-7-3-1-5-13(15)14-6-2-4-8-16(14)17/h1-10,17H,11-12H2,(H,21,25)(H,22,23). The Kier molecular flexibility index (Phi) is 4.23. The molecular weight excluding hydrogens is 330 g/mol. The predicted octanol–water partition coefficient (Wildman–Crippen LogP) is 3.13. The Morgan fingerprint density at radius 2 is 1.65 bits per heavy atom. The van der Waals surface area contributed by atoms with Crippen LogP contribution in [-0.4, -0.2) is 35.2 Å². The number of fused-ring (bicyclic) bond motifs is 3. The number of H-pyrrole nitrogens is 1. The van der Waals surface area contributed by atoms with Crippen molar-refractivity contribution < 1.29 is 14.3 Å². The number of amides is 1. The predicted molar refractivity (Wildman–Crippen MR) is 96.0 cm³/mol.